The molecule has 0 radical (unpaired) electrons. The van der Waals surface area contributed by atoms with E-state index < -0.39 is 11.9 Å². The molecular weight excluding hydrogens is 933 g/mol. The van der Waals surface area contributed by atoms with Crippen molar-refractivity contribution in [3.05, 3.63) is 226 Å². The highest BCUT2D eigenvalue weighted by Crippen LogP contribution is 2.29. The van der Waals surface area contributed by atoms with E-state index in [9.17, 15) is 9.59 Å². The fourth-order valence-electron chi connectivity index (χ4n) is 6.47. The summed E-state index contributed by atoms with van der Waals surface area (Å²) in [5.41, 5.74) is 7.15. The van der Waals surface area contributed by atoms with E-state index in [-0.39, 0.29) is 52.9 Å². The molecule has 0 fully saturated rings. The van der Waals surface area contributed by atoms with E-state index in [1.807, 2.05) is 121 Å². The lowest BCUT2D eigenvalue weighted by Gasteiger charge is -2.14. The molecule has 7 aromatic rings. The second-order valence-corrected chi connectivity index (χ2v) is 15.6. The van der Waals surface area contributed by atoms with E-state index in [4.69, 9.17) is 37.9 Å². The van der Waals surface area contributed by atoms with Crippen LogP contribution in [0.15, 0.2) is 170 Å². The van der Waals surface area contributed by atoms with E-state index in [0.29, 0.717) is 60.2 Å². The Balaban J connectivity index is 1.01. The summed E-state index contributed by atoms with van der Waals surface area (Å²) in [6.45, 7) is 2.80. The van der Waals surface area contributed by atoms with Crippen molar-refractivity contribution >= 4 is 11.9 Å². The Hall–Kier alpha value is -8.98. The van der Waals surface area contributed by atoms with Crippen molar-refractivity contribution in [2.45, 2.75) is 0 Å². The van der Waals surface area contributed by atoms with E-state index in [1.54, 1.807) is 24.3 Å². The summed E-state index contributed by atoms with van der Waals surface area (Å²) in [7, 11) is 0. The molecule has 0 aliphatic carbocycles. The molecule has 2 heterocycles. The summed E-state index contributed by atoms with van der Waals surface area (Å²) in [6, 6.07) is 45.1. The SMILES string of the molecule is O=C(OCCOCCOCCOc1cc(C#Cc2ccc(C#Cc3ccccc3)cc2)c(OCCOCCOCCOC(=O)c2ccncc2)cc1C#Cc1ccc(C#Cc2ccccc2)cc1)c1ccncc1. The fraction of sp³-hybridized carbons (Fsp3) is 0.194. The maximum absolute atomic E-state index is 12.2. The van der Waals surface area contributed by atoms with E-state index in [1.165, 1.54) is 24.8 Å². The second kappa shape index (κ2) is 30.7. The molecule has 74 heavy (non-hydrogen) atoms. The zero-order valence-electron chi connectivity index (χ0n) is 40.6. The number of carbonyl (C=O) groups is 2. The number of hydrogen-bond acceptors (Lipinski definition) is 12. The summed E-state index contributed by atoms with van der Waals surface area (Å²) in [5.74, 6) is 26.0. The van der Waals surface area contributed by atoms with Crippen molar-refractivity contribution in [2.24, 2.45) is 0 Å². The van der Waals surface area contributed by atoms with Crippen LogP contribution in [0.2, 0.25) is 0 Å². The van der Waals surface area contributed by atoms with Crippen LogP contribution in [0.3, 0.4) is 0 Å². The number of hydrogen-bond donors (Lipinski definition) is 0. The van der Waals surface area contributed by atoms with Crippen LogP contribution >= 0.6 is 0 Å². The van der Waals surface area contributed by atoms with Crippen molar-refractivity contribution in [3.8, 4) is 58.9 Å². The van der Waals surface area contributed by atoms with Crippen LogP contribution in [0.1, 0.15) is 65.2 Å². The maximum Gasteiger partial charge on any atom is 0.338 e. The van der Waals surface area contributed by atoms with E-state index in [0.717, 1.165) is 33.4 Å². The molecule has 0 aliphatic rings. The van der Waals surface area contributed by atoms with Gasteiger partial charge in [0, 0.05) is 70.3 Å². The monoisotopic (exact) mass is 984 g/mol. The number of rotatable bonds is 22. The first-order valence-corrected chi connectivity index (χ1v) is 23.8. The predicted octanol–water partition coefficient (Wildman–Crippen LogP) is 8.61. The third-order valence-electron chi connectivity index (χ3n) is 10.3. The summed E-state index contributed by atoms with van der Waals surface area (Å²) in [6.07, 6.45) is 6.14. The fourth-order valence-corrected chi connectivity index (χ4v) is 6.47. The minimum Gasteiger partial charge on any atom is -0.490 e. The van der Waals surface area contributed by atoms with Gasteiger partial charge in [-0.15, -0.1) is 0 Å². The number of benzene rings is 5. The molecular formula is C62H52N2O10. The molecule has 0 saturated heterocycles. The Bertz CT molecular complexity index is 2890. The number of ether oxygens (including phenoxy) is 8. The lowest BCUT2D eigenvalue weighted by Crippen LogP contribution is -2.15. The highest BCUT2D eigenvalue weighted by molar-refractivity contribution is 5.89. The molecule has 5 aromatic carbocycles. The Kier molecular flexibility index (Phi) is 21.9. The molecule has 0 N–H and O–H groups in total. The standard InChI is InChI=1S/C62H52N2O10/c65-61(55-27-31-63-32-28-55)73-45-41-69-37-35-67-39-43-71-59-48-58(26-24-54-21-17-52(18-22-54)14-12-50-9-5-2-6-10-50)60(72-44-40-68-36-38-70-42-46-74-62(66)56-29-33-64-34-30-56)47-57(59)25-23-53-19-15-51(16-20-53)13-11-49-7-3-1-4-8-49/h1-10,15-22,27-34,47-48H,35-46H2. The average molecular weight is 985 g/mol. The third-order valence-corrected chi connectivity index (χ3v) is 10.3. The zero-order chi connectivity index (χ0) is 51.1. The first-order chi connectivity index (χ1) is 36.6. The molecule has 12 nitrogen and oxygen atoms in total. The van der Waals surface area contributed by atoms with Gasteiger partial charge in [0.25, 0.3) is 0 Å². The van der Waals surface area contributed by atoms with Crippen LogP contribution < -0.4 is 9.47 Å². The molecule has 0 spiro atoms. The smallest absolute Gasteiger partial charge is 0.338 e. The Morgan fingerprint density at radius 1 is 0.324 bits per heavy atom. The minimum absolute atomic E-state index is 0.109. The number of pyridine rings is 2. The summed E-state index contributed by atoms with van der Waals surface area (Å²) < 4.78 is 46.0. The van der Waals surface area contributed by atoms with Gasteiger partial charge in [-0.05, 0) is 97.1 Å². The summed E-state index contributed by atoms with van der Waals surface area (Å²) >= 11 is 0. The molecule has 0 saturated carbocycles. The van der Waals surface area contributed by atoms with Crippen molar-refractivity contribution in [3.63, 3.8) is 0 Å². The van der Waals surface area contributed by atoms with E-state index >= 15 is 0 Å². The van der Waals surface area contributed by atoms with Crippen LogP contribution in [0.5, 0.6) is 11.5 Å². The number of aromatic nitrogens is 2. The zero-order valence-corrected chi connectivity index (χ0v) is 40.6. The van der Waals surface area contributed by atoms with Crippen LogP contribution in [0.25, 0.3) is 0 Å². The van der Waals surface area contributed by atoms with Crippen LogP contribution in [0, 0.1) is 47.4 Å². The molecule has 370 valence electrons. The van der Waals surface area contributed by atoms with Crippen molar-refractivity contribution in [1.29, 1.82) is 0 Å². The molecule has 0 amide bonds. The average Bonchev–Trinajstić information content (AvgIpc) is 3.45. The highest BCUT2D eigenvalue weighted by atomic mass is 16.6. The van der Waals surface area contributed by atoms with Gasteiger partial charge in [-0.25, -0.2) is 9.59 Å². The largest absolute Gasteiger partial charge is 0.490 e. The number of carbonyl (C=O) groups excluding carboxylic acids is 2. The molecule has 2 aromatic heterocycles. The van der Waals surface area contributed by atoms with Crippen molar-refractivity contribution < 1.29 is 47.5 Å². The number of nitrogens with zero attached hydrogens (tertiary/aromatic N) is 2. The van der Waals surface area contributed by atoms with Gasteiger partial charge in [0.2, 0.25) is 0 Å². The first-order valence-electron chi connectivity index (χ1n) is 23.8. The molecule has 0 atom stereocenters. The summed E-state index contributed by atoms with van der Waals surface area (Å²) in [4.78, 5) is 32.1. The normalized spacial score (nSPS) is 10.2. The van der Waals surface area contributed by atoms with Crippen LogP contribution in [-0.4, -0.2) is 101 Å². The van der Waals surface area contributed by atoms with Crippen LogP contribution in [0.4, 0.5) is 0 Å². The second-order valence-electron chi connectivity index (χ2n) is 15.6. The van der Waals surface area contributed by atoms with Gasteiger partial charge in [-0.1, -0.05) is 83.8 Å². The number of esters is 2. The van der Waals surface area contributed by atoms with Gasteiger partial charge in [-0.2, -0.15) is 0 Å². The molecule has 0 bridgehead atoms. The van der Waals surface area contributed by atoms with Gasteiger partial charge >= 0.3 is 11.9 Å². The van der Waals surface area contributed by atoms with Gasteiger partial charge in [0.05, 0.1) is 75.1 Å². The Morgan fingerprint density at radius 3 is 0.946 bits per heavy atom. The van der Waals surface area contributed by atoms with Gasteiger partial charge in [0.1, 0.15) is 37.9 Å². The quantitative estimate of drug-likeness (QED) is 0.0366. The lowest BCUT2D eigenvalue weighted by molar-refractivity contribution is 0.0102. The van der Waals surface area contributed by atoms with Crippen molar-refractivity contribution in [2.75, 3.05) is 79.3 Å². The van der Waals surface area contributed by atoms with Crippen LogP contribution in [-0.2, 0) is 28.4 Å². The van der Waals surface area contributed by atoms with Gasteiger partial charge in [0.15, 0.2) is 0 Å². The molecule has 12 heteroatoms. The highest BCUT2D eigenvalue weighted by Gasteiger charge is 2.12. The molecule has 0 unspecified atom stereocenters. The predicted molar refractivity (Wildman–Crippen MR) is 279 cm³/mol. The van der Waals surface area contributed by atoms with Crippen molar-refractivity contribution in [1.82, 2.24) is 9.97 Å². The first kappa shape index (κ1) is 52.8. The topological polar surface area (TPSA) is 134 Å². The van der Waals surface area contributed by atoms with E-state index in [2.05, 4.69) is 57.3 Å². The Labute approximate surface area is 431 Å². The lowest BCUT2D eigenvalue weighted by atomic mass is 10.1. The van der Waals surface area contributed by atoms with Gasteiger partial charge < -0.3 is 37.9 Å². The Morgan fingerprint density at radius 2 is 0.608 bits per heavy atom. The molecule has 7 rings (SSSR count). The summed E-state index contributed by atoms with van der Waals surface area (Å²) in [5, 5.41) is 0. The maximum atomic E-state index is 12.2. The van der Waals surface area contributed by atoms with Gasteiger partial charge in [-0.3, -0.25) is 9.97 Å². The third kappa shape index (κ3) is 19.0. The molecule has 0 aliphatic heterocycles. The minimum atomic E-state index is -0.438.